The average Bonchev–Trinajstić information content (AvgIpc) is 2.87. The van der Waals surface area contributed by atoms with Gasteiger partial charge in [0, 0.05) is 6.42 Å². The smallest absolute Gasteiger partial charge is 0.300 e. The first-order valence-electron chi connectivity index (χ1n) is 8.09. The topological polar surface area (TPSA) is 99.3 Å². The van der Waals surface area contributed by atoms with Crippen molar-refractivity contribution in [2.45, 2.75) is 57.8 Å². The fraction of sp³-hybridized carbons (Fsp3) is 0.667. The van der Waals surface area contributed by atoms with Crippen LogP contribution in [0.2, 0.25) is 0 Å². The molecular weight excluding hydrogens is 298 g/mol. The summed E-state index contributed by atoms with van der Waals surface area (Å²) in [7, 11) is 0. The van der Waals surface area contributed by atoms with Crippen LogP contribution in [-0.2, 0) is 6.42 Å². The van der Waals surface area contributed by atoms with Crippen molar-refractivity contribution in [3.8, 4) is 0 Å². The standard InChI is InChI=1S/C15H23N5OS/c16-12-13(17)18-15-20(14(12)21)19-11(22-15)9-8-10-6-4-2-1-3-5-7-10/h10H,1-9,16-17H2. The van der Waals surface area contributed by atoms with Crippen LogP contribution in [0.15, 0.2) is 4.79 Å². The zero-order valence-corrected chi connectivity index (χ0v) is 13.6. The summed E-state index contributed by atoms with van der Waals surface area (Å²) in [5, 5.41) is 5.31. The van der Waals surface area contributed by atoms with Gasteiger partial charge < -0.3 is 11.5 Å². The zero-order valence-electron chi connectivity index (χ0n) is 12.8. The number of rotatable bonds is 3. The molecule has 6 nitrogen and oxygen atoms in total. The largest absolute Gasteiger partial charge is 0.391 e. The second-order valence-corrected chi connectivity index (χ2v) is 7.20. The maximum atomic E-state index is 12.0. The number of fused-ring (bicyclic) bond motifs is 1. The van der Waals surface area contributed by atoms with Crippen LogP contribution in [-0.4, -0.2) is 14.6 Å². The Labute approximate surface area is 133 Å². The van der Waals surface area contributed by atoms with Gasteiger partial charge in [-0.15, -0.1) is 0 Å². The molecule has 22 heavy (non-hydrogen) atoms. The number of aromatic nitrogens is 3. The summed E-state index contributed by atoms with van der Waals surface area (Å²) in [6.45, 7) is 0. The van der Waals surface area contributed by atoms with Crippen molar-refractivity contribution in [3.05, 3.63) is 15.4 Å². The van der Waals surface area contributed by atoms with E-state index in [4.69, 9.17) is 11.5 Å². The number of hydrogen-bond donors (Lipinski definition) is 2. The number of anilines is 2. The second-order valence-electron chi connectivity index (χ2n) is 6.16. The van der Waals surface area contributed by atoms with Gasteiger partial charge in [-0.1, -0.05) is 56.3 Å². The molecule has 0 saturated heterocycles. The lowest BCUT2D eigenvalue weighted by atomic mass is 9.88. The highest BCUT2D eigenvalue weighted by atomic mass is 32.1. The van der Waals surface area contributed by atoms with E-state index in [1.807, 2.05) is 0 Å². The molecule has 1 saturated carbocycles. The quantitative estimate of drug-likeness (QED) is 0.905. The van der Waals surface area contributed by atoms with Gasteiger partial charge in [-0.3, -0.25) is 4.79 Å². The molecule has 120 valence electrons. The Morgan fingerprint density at radius 3 is 2.55 bits per heavy atom. The van der Waals surface area contributed by atoms with Crippen molar-refractivity contribution >= 4 is 27.8 Å². The minimum atomic E-state index is -0.365. The van der Waals surface area contributed by atoms with Gasteiger partial charge in [-0.25, -0.2) is 0 Å². The Hall–Kier alpha value is -1.63. The van der Waals surface area contributed by atoms with Crippen molar-refractivity contribution in [1.29, 1.82) is 0 Å². The molecule has 0 aromatic carbocycles. The molecule has 1 aliphatic carbocycles. The van der Waals surface area contributed by atoms with Crippen molar-refractivity contribution < 1.29 is 0 Å². The molecule has 2 heterocycles. The number of nitrogen functional groups attached to an aromatic ring is 2. The van der Waals surface area contributed by atoms with E-state index in [1.54, 1.807) is 0 Å². The highest BCUT2D eigenvalue weighted by Gasteiger charge is 2.15. The van der Waals surface area contributed by atoms with Crippen molar-refractivity contribution in [1.82, 2.24) is 14.6 Å². The van der Waals surface area contributed by atoms with Crippen LogP contribution in [0.4, 0.5) is 11.5 Å². The van der Waals surface area contributed by atoms with Gasteiger partial charge in [0.2, 0.25) is 4.96 Å². The Bertz CT molecular complexity index is 700. The van der Waals surface area contributed by atoms with Gasteiger partial charge in [-0.2, -0.15) is 14.6 Å². The fourth-order valence-electron chi connectivity index (χ4n) is 3.17. The van der Waals surface area contributed by atoms with Gasteiger partial charge in [0.15, 0.2) is 5.82 Å². The molecule has 1 fully saturated rings. The summed E-state index contributed by atoms with van der Waals surface area (Å²) in [5.74, 6) is 0.882. The number of aryl methyl sites for hydroxylation is 1. The number of nitrogens with zero attached hydrogens (tertiary/aromatic N) is 3. The van der Waals surface area contributed by atoms with Crippen LogP contribution in [0.25, 0.3) is 4.96 Å². The van der Waals surface area contributed by atoms with Gasteiger partial charge in [0.05, 0.1) is 0 Å². The molecule has 0 amide bonds. The maximum absolute atomic E-state index is 12.0. The second kappa shape index (κ2) is 6.64. The predicted octanol–water partition coefficient (Wildman–Crippen LogP) is 2.61. The Kier molecular flexibility index (Phi) is 4.61. The third kappa shape index (κ3) is 3.24. The molecule has 0 unspecified atom stereocenters. The number of nitrogens with two attached hydrogens (primary N) is 2. The van der Waals surface area contributed by atoms with Crippen LogP contribution in [0, 0.1) is 5.92 Å². The molecule has 7 heteroatoms. The van der Waals surface area contributed by atoms with E-state index in [0.717, 1.165) is 23.8 Å². The van der Waals surface area contributed by atoms with Crippen LogP contribution >= 0.6 is 11.3 Å². The van der Waals surface area contributed by atoms with E-state index >= 15 is 0 Å². The fourth-order valence-corrected chi connectivity index (χ4v) is 4.08. The molecule has 0 spiro atoms. The predicted molar refractivity (Wildman–Crippen MR) is 90.1 cm³/mol. The summed E-state index contributed by atoms with van der Waals surface area (Å²) < 4.78 is 1.28. The van der Waals surface area contributed by atoms with E-state index < -0.39 is 0 Å². The third-order valence-corrected chi connectivity index (χ3v) is 5.48. The average molecular weight is 321 g/mol. The molecule has 2 aromatic rings. The van der Waals surface area contributed by atoms with E-state index in [9.17, 15) is 4.79 Å². The molecule has 0 aliphatic heterocycles. The van der Waals surface area contributed by atoms with Crippen LogP contribution < -0.4 is 17.0 Å². The highest BCUT2D eigenvalue weighted by molar-refractivity contribution is 7.16. The molecule has 0 atom stereocenters. The third-order valence-electron chi connectivity index (χ3n) is 4.51. The molecule has 1 aliphatic rings. The summed E-state index contributed by atoms with van der Waals surface area (Å²) >= 11 is 1.44. The summed E-state index contributed by atoms with van der Waals surface area (Å²) in [6.07, 6.45) is 11.5. The van der Waals surface area contributed by atoms with E-state index in [2.05, 4.69) is 10.1 Å². The molecular formula is C15H23N5OS. The first-order chi connectivity index (χ1) is 10.6. The summed E-state index contributed by atoms with van der Waals surface area (Å²) in [5.41, 5.74) is 10.9. The van der Waals surface area contributed by atoms with E-state index in [1.165, 1.54) is 60.8 Å². The zero-order chi connectivity index (χ0) is 15.5. The maximum Gasteiger partial charge on any atom is 0.300 e. The summed E-state index contributed by atoms with van der Waals surface area (Å²) in [6, 6.07) is 0. The SMILES string of the molecule is Nc1nc2sc(CCC3CCCCCCC3)nn2c(=O)c1N. The first-order valence-corrected chi connectivity index (χ1v) is 8.90. The molecule has 0 radical (unpaired) electrons. The summed E-state index contributed by atoms with van der Waals surface area (Å²) in [4.78, 5) is 16.7. The Morgan fingerprint density at radius 1 is 1.14 bits per heavy atom. The lowest BCUT2D eigenvalue weighted by molar-refractivity contribution is 0.358. The molecule has 2 aromatic heterocycles. The van der Waals surface area contributed by atoms with Gasteiger partial charge in [0.25, 0.3) is 0 Å². The Balaban J connectivity index is 1.71. The Morgan fingerprint density at radius 2 is 1.82 bits per heavy atom. The lowest BCUT2D eigenvalue weighted by Crippen LogP contribution is -2.21. The highest BCUT2D eigenvalue weighted by Crippen LogP contribution is 2.27. The van der Waals surface area contributed by atoms with Crippen molar-refractivity contribution in [2.24, 2.45) is 5.92 Å². The van der Waals surface area contributed by atoms with Crippen LogP contribution in [0.1, 0.15) is 56.4 Å². The number of hydrogen-bond acceptors (Lipinski definition) is 6. The first kappa shape index (κ1) is 15.3. The van der Waals surface area contributed by atoms with Gasteiger partial charge >= 0.3 is 5.56 Å². The van der Waals surface area contributed by atoms with Gasteiger partial charge in [-0.05, 0) is 12.3 Å². The van der Waals surface area contributed by atoms with E-state index in [-0.39, 0.29) is 17.1 Å². The van der Waals surface area contributed by atoms with Crippen LogP contribution in [0.5, 0.6) is 0 Å². The van der Waals surface area contributed by atoms with Crippen molar-refractivity contribution in [2.75, 3.05) is 11.5 Å². The van der Waals surface area contributed by atoms with E-state index in [0.29, 0.717) is 4.96 Å². The van der Waals surface area contributed by atoms with Gasteiger partial charge in [0.1, 0.15) is 10.7 Å². The lowest BCUT2D eigenvalue weighted by Gasteiger charge is -2.18. The minimum absolute atomic E-state index is 0.0191. The molecule has 3 rings (SSSR count). The normalized spacial score (nSPS) is 17.5. The minimum Gasteiger partial charge on any atom is -0.391 e. The van der Waals surface area contributed by atoms with Crippen LogP contribution in [0.3, 0.4) is 0 Å². The molecule has 0 bridgehead atoms. The monoisotopic (exact) mass is 321 g/mol. The van der Waals surface area contributed by atoms with Crippen molar-refractivity contribution in [3.63, 3.8) is 0 Å². The molecule has 4 N–H and O–H groups in total.